The van der Waals surface area contributed by atoms with Crippen LogP contribution in [0.1, 0.15) is 18.1 Å². The van der Waals surface area contributed by atoms with Crippen molar-refractivity contribution in [3.05, 3.63) is 30.3 Å². The first-order chi connectivity index (χ1) is 5.77. The Morgan fingerprint density at radius 2 is 2.42 bits per heavy atom. The van der Waals surface area contributed by atoms with Gasteiger partial charge >= 0.3 is 0 Å². The van der Waals surface area contributed by atoms with Crippen molar-refractivity contribution in [1.82, 2.24) is 4.98 Å². The van der Waals surface area contributed by atoms with Crippen molar-refractivity contribution in [3.8, 4) is 0 Å². The van der Waals surface area contributed by atoms with Crippen molar-refractivity contribution in [2.24, 2.45) is 0 Å². The molecule has 2 heterocycles. The van der Waals surface area contributed by atoms with Crippen LogP contribution in [-0.2, 0) is 0 Å². The maximum absolute atomic E-state index is 5.86. The van der Waals surface area contributed by atoms with Crippen LogP contribution >= 0.6 is 11.6 Å². The summed E-state index contributed by atoms with van der Waals surface area (Å²) in [7, 11) is 0. The molecule has 0 amide bonds. The van der Waals surface area contributed by atoms with E-state index in [0.29, 0.717) is 0 Å². The smallest absolute Gasteiger partial charge is 0.152 e. The zero-order valence-corrected chi connectivity index (χ0v) is 7.38. The Morgan fingerprint density at radius 1 is 1.58 bits per heavy atom. The maximum atomic E-state index is 5.86. The summed E-state index contributed by atoms with van der Waals surface area (Å²) >= 11 is 5.86. The van der Waals surface area contributed by atoms with E-state index in [9.17, 15) is 0 Å². The van der Waals surface area contributed by atoms with Crippen LogP contribution in [0.15, 0.2) is 28.9 Å². The molecule has 12 heavy (non-hydrogen) atoms. The average molecular weight is 182 g/mol. The lowest BCUT2D eigenvalue weighted by molar-refractivity contribution is 0.550. The van der Waals surface area contributed by atoms with Crippen LogP contribution in [0.5, 0.6) is 0 Å². The number of fused-ring (bicyclic) bond motifs is 1. The zero-order valence-electron chi connectivity index (χ0n) is 6.62. The maximum Gasteiger partial charge on any atom is 0.152 e. The van der Waals surface area contributed by atoms with E-state index >= 15 is 0 Å². The van der Waals surface area contributed by atoms with E-state index in [4.69, 9.17) is 16.0 Å². The van der Waals surface area contributed by atoms with Crippen molar-refractivity contribution in [3.63, 3.8) is 0 Å². The predicted octanol–water partition coefficient (Wildman–Crippen LogP) is 3.13. The van der Waals surface area contributed by atoms with Gasteiger partial charge in [0.15, 0.2) is 5.58 Å². The van der Waals surface area contributed by atoms with Crippen molar-refractivity contribution in [2.75, 3.05) is 0 Å². The number of aromatic nitrogens is 1. The molecular weight excluding hydrogens is 174 g/mol. The summed E-state index contributed by atoms with van der Waals surface area (Å²) in [5, 5.41) is 0.963. The minimum atomic E-state index is -0.0857. The van der Waals surface area contributed by atoms with Crippen molar-refractivity contribution in [2.45, 2.75) is 12.3 Å². The largest absolute Gasteiger partial charge is 0.458 e. The molecule has 0 aliphatic rings. The molecule has 0 radical (unpaired) electrons. The monoisotopic (exact) mass is 181 g/mol. The van der Waals surface area contributed by atoms with Crippen LogP contribution in [0.2, 0.25) is 0 Å². The standard InChI is InChI=1S/C9H8ClNO/c1-6(10)8-4-7-2-3-11-5-9(7)12-8/h2-6H,1H3. The van der Waals surface area contributed by atoms with Crippen molar-refractivity contribution < 1.29 is 4.42 Å². The summed E-state index contributed by atoms with van der Waals surface area (Å²) in [6.45, 7) is 1.88. The van der Waals surface area contributed by atoms with Gasteiger partial charge in [0.2, 0.25) is 0 Å². The minimum Gasteiger partial charge on any atom is -0.458 e. The van der Waals surface area contributed by atoms with Gasteiger partial charge in [0, 0.05) is 11.6 Å². The van der Waals surface area contributed by atoms with Gasteiger partial charge in [-0.2, -0.15) is 0 Å². The summed E-state index contributed by atoms with van der Waals surface area (Å²) in [4.78, 5) is 3.95. The molecule has 0 saturated heterocycles. The Kier molecular flexibility index (Phi) is 1.77. The number of nitrogens with zero attached hydrogens (tertiary/aromatic N) is 1. The fraction of sp³-hybridized carbons (Fsp3) is 0.222. The second kappa shape index (κ2) is 2.79. The molecule has 0 spiro atoms. The summed E-state index contributed by atoms with van der Waals surface area (Å²) in [5.41, 5.74) is 0.792. The molecule has 0 N–H and O–H groups in total. The van der Waals surface area contributed by atoms with E-state index in [1.807, 2.05) is 19.1 Å². The van der Waals surface area contributed by atoms with Gasteiger partial charge in [0.1, 0.15) is 5.76 Å². The fourth-order valence-corrected chi connectivity index (χ4v) is 1.21. The van der Waals surface area contributed by atoms with Crippen LogP contribution in [-0.4, -0.2) is 4.98 Å². The molecule has 2 nitrogen and oxygen atoms in total. The van der Waals surface area contributed by atoms with Gasteiger partial charge in [0.05, 0.1) is 11.6 Å². The van der Waals surface area contributed by atoms with Gasteiger partial charge in [-0.15, -0.1) is 11.6 Å². The van der Waals surface area contributed by atoms with Crippen molar-refractivity contribution >= 4 is 22.6 Å². The Balaban J connectivity index is 2.62. The second-order valence-corrected chi connectivity index (χ2v) is 3.33. The Hall–Kier alpha value is -1.02. The molecule has 62 valence electrons. The molecule has 2 aromatic rings. The highest BCUT2D eigenvalue weighted by atomic mass is 35.5. The number of halogens is 1. The summed E-state index contributed by atoms with van der Waals surface area (Å²) in [6, 6.07) is 3.84. The normalized spacial score (nSPS) is 13.5. The zero-order chi connectivity index (χ0) is 8.55. The molecule has 1 atom stereocenters. The Morgan fingerprint density at radius 3 is 3.08 bits per heavy atom. The number of pyridine rings is 1. The molecule has 2 aromatic heterocycles. The third kappa shape index (κ3) is 1.18. The molecular formula is C9H8ClNO. The highest BCUT2D eigenvalue weighted by Crippen LogP contribution is 2.26. The van der Waals surface area contributed by atoms with E-state index < -0.39 is 0 Å². The summed E-state index contributed by atoms with van der Waals surface area (Å²) in [6.07, 6.45) is 3.43. The van der Waals surface area contributed by atoms with Gasteiger partial charge in [-0.25, -0.2) is 0 Å². The van der Waals surface area contributed by atoms with Crippen LogP contribution < -0.4 is 0 Å². The number of hydrogen-bond donors (Lipinski definition) is 0. The first-order valence-electron chi connectivity index (χ1n) is 3.75. The first kappa shape index (κ1) is 7.62. The Bertz CT molecular complexity index is 361. The van der Waals surface area contributed by atoms with E-state index in [2.05, 4.69) is 4.98 Å². The van der Waals surface area contributed by atoms with Crippen LogP contribution in [0.25, 0.3) is 11.0 Å². The van der Waals surface area contributed by atoms with Crippen LogP contribution in [0, 0.1) is 0 Å². The Labute approximate surface area is 75.2 Å². The summed E-state index contributed by atoms with van der Waals surface area (Å²) < 4.78 is 5.44. The third-order valence-electron chi connectivity index (χ3n) is 1.73. The number of hydrogen-bond acceptors (Lipinski definition) is 2. The molecule has 0 saturated carbocycles. The van der Waals surface area contributed by atoms with Gasteiger partial charge in [-0.1, -0.05) is 0 Å². The molecule has 0 aromatic carbocycles. The van der Waals surface area contributed by atoms with Crippen LogP contribution in [0.4, 0.5) is 0 Å². The molecule has 0 fully saturated rings. The number of alkyl halides is 1. The van der Waals surface area contributed by atoms with Crippen molar-refractivity contribution in [1.29, 1.82) is 0 Å². The highest BCUT2D eigenvalue weighted by molar-refractivity contribution is 6.20. The summed E-state index contributed by atoms with van der Waals surface area (Å²) in [5.74, 6) is 0.791. The van der Waals surface area contributed by atoms with E-state index in [0.717, 1.165) is 16.7 Å². The molecule has 0 bridgehead atoms. The molecule has 0 aliphatic carbocycles. The average Bonchev–Trinajstić information content (AvgIpc) is 2.46. The molecule has 1 unspecified atom stereocenters. The number of furan rings is 1. The lowest BCUT2D eigenvalue weighted by Gasteiger charge is -1.93. The molecule has 3 heteroatoms. The third-order valence-corrected chi connectivity index (χ3v) is 1.95. The second-order valence-electron chi connectivity index (χ2n) is 2.68. The number of rotatable bonds is 1. The van der Waals surface area contributed by atoms with Crippen LogP contribution in [0.3, 0.4) is 0 Å². The SMILES string of the molecule is CC(Cl)c1cc2ccncc2o1. The highest BCUT2D eigenvalue weighted by Gasteiger charge is 2.07. The lowest BCUT2D eigenvalue weighted by atomic mass is 10.3. The first-order valence-corrected chi connectivity index (χ1v) is 4.18. The lowest BCUT2D eigenvalue weighted by Crippen LogP contribution is -1.75. The van der Waals surface area contributed by atoms with E-state index in [-0.39, 0.29) is 5.38 Å². The topological polar surface area (TPSA) is 26.0 Å². The van der Waals surface area contributed by atoms with Gasteiger partial charge in [0.25, 0.3) is 0 Å². The quantitative estimate of drug-likeness (QED) is 0.632. The van der Waals surface area contributed by atoms with Gasteiger partial charge in [-0.05, 0) is 19.1 Å². The van der Waals surface area contributed by atoms with Gasteiger partial charge in [-0.3, -0.25) is 4.98 Å². The fourth-order valence-electron chi connectivity index (χ4n) is 1.10. The molecule has 0 aliphatic heterocycles. The predicted molar refractivity (Wildman–Crippen MR) is 48.3 cm³/mol. The van der Waals surface area contributed by atoms with E-state index in [1.165, 1.54) is 0 Å². The van der Waals surface area contributed by atoms with E-state index in [1.54, 1.807) is 12.4 Å². The minimum absolute atomic E-state index is 0.0857. The van der Waals surface area contributed by atoms with Gasteiger partial charge < -0.3 is 4.42 Å². The molecule has 2 rings (SSSR count).